The third kappa shape index (κ3) is 4.13. The molecular formula is C25H27N3O. The van der Waals surface area contributed by atoms with Crippen molar-refractivity contribution in [3.05, 3.63) is 95.2 Å². The monoisotopic (exact) mass is 385 g/mol. The third-order valence-electron chi connectivity index (χ3n) is 5.32. The number of nitrogens with one attached hydrogen (secondary N) is 1. The summed E-state index contributed by atoms with van der Waals surface area (Å²) in [6, 6.07) is 25.0. The second-order valence-corrected chi connectivity index (χ2v) is 7.35. The largest absolute Gasteiger partial charge is 0.497 e. The van der Waals surface area contributed by atoms with Crippen molar-refractivity contribution in [3.8, 4) is 5.75 Å². The second-order valence-electron chi connectivity index (χ2n) is 7.35. The predicted octanol–water partition coefficient (Wildman–Crippen LogP) is 5.02. The maximum Gasteiger partial charge on any atom is 0.118 e. The van der Waals surface area contributed by atoms with Gasteiger partial charge in [-0.3, -0.25) is 0 Å². The van der Waals surface area contributed by atoms with Gasteiger partial charge in [0.25, 0.3) is 0 Å². The highest BCUT2D eigenvalue weighted by Gasteiger charge is 2.23. The van der Waals surface area contributed by atoms with Crippen LogP contribution in [0.25, 0.3) is 6.08 Å². The number of nitrogens with zero attached hydrogens (tertiary/aromatic N) is 1. The molecule has 1 aliphatic heterocycles. The van der Waals surface area contributed by atoms with E-state index in [1.54, 1.807) is 7.11 Å². The molecule has 0 bridgehead atoms. The molecule has 0 spiro atoms. The van der Waals surface area contributed by atoms with Gasteiger partial charge in [-0.25, -0.2) is 0 Å². The predicted molar refractivity (Wildman–Crippen MR) is 121 cm³/mol. The van der Waals surface area contributed by atoms with Crippen LogP contribution in [0.3, 0.4) is 0 Å². The fourth-order valence-electron chi connectivity index (χ4n) is 3.73. The molecule has 3 aromatic rings. The Hall–Kier alpha value is -3.24. The molecule has 29 heavy (non-hydrogen) atoms. The van der Waals surface area contributed by atoms with Crippen LogP contribution < -0.4 is 20.7 Å². The summed E-state index contributed by atoms with van der Waals surface area (Å²) < 4.78 is 5.25. The molecular weight excluding hydrogens is 358 g/mol. The zero-order valence-corrected chi connectivity index (χ0v) is 16.9. The highest BCUT2D eigenvalue weighted by Crippen LogP contribution is 2.34. The van der Waals surface area contributed by atoms with Crippen molar-refractivity contribution in [1.82, 2.24) is 0 Å². The standard InChI is InChI=1S/C25H27N3O/c1-18(26)25-15-20-7-6-10-24(27-16-19-11-13-22(29-2)14-12-19)23(20)17-28(25)21-8-4-3-5-9-21/h3-15,18,27H,16-17,26H2,1-2H3. The number of hydrogen-bond donors (Lipinski definition) is 2. The smallest absolute Gasteiger partial charge is 0.118 e. The van der Waals surface area contributed by atoms with Crippen molar-refractivity contribution < 1.29 is 4.74 Å². The number of rotatable bonds is 6. The minimum atomic E-state index is -0.0423. The van der Waals surface area contributed by atoms with Crippen LogP contribution in [0.15, 0.2) is 78.5 Å². The zero-order chi connectivity index (χ0) is 20.2. The molecule has 1 aliphatic rings. The molecule has 148 valence electrons. The molecule has 0 radical (unpaired) electrons. The summed E-state index contributed by atoms with van der Waals surface area (Å²) in [7, 11) is 1.69. The Morgan fingerprint density at radius 1 is 1.00 bits per heavy atom. The van der Waals surface area contributed by atoms with Crippen LogP contribution in [0.5, 0.6) is 5.75 Å². The molecule has 0 saturated heterocycles. The van der Waals surface area contributed by atoms with E-state index in [1.165, 1.54) is 16.7 Å². The lowest BCUT2D eigenvalue weighted by atomic mass is 9.96. The van der Waals surface area contributed by atoms with Gasteiger partial charge in [-0.2, -0.15) is 0 Å². The van der Waals surface area contributed by atoms with Crippen LogP contribution in [-0.2, 0) is 13.1 Å². The Morgan fingerprint density at radius 3 is 2.45 bits per heavy atom. The topological polar surface area (TPSA) is 50.5 Å². The van der Waals surface area contributed by atoms with E-state index >= 15 is 0 Å². The van der Waals surface area contributed by atoms with E-state index < -0.39 is 0 Å². The average Bonchev–Trinajstić information content (AvgIpc) is 2.77. The van der Waals surface area contributed by atoms with E-state index in [2.05, 4.69) is 70.9 Å². The second kappa shape index (κ2) is 8.41. The third-order valence-corrected chi connectivity index (χ3v) is 5.32. The van der Waals surface area contributed by atoms with Gasteiger partial charge in [0.15, 0.2) is 0 Å². The number of benzene rings is 3. The Kier molecular flexibility index (Phi) is 5.54. The van der Waals surface area contributed by atoms with Gasteiger partial charge >= 0.3 is 0 Å². The average molecular weight is 386 g/mol. The number of ether oxygens (including phenoxy) is 1. The molecule has 0 fully saturated rings. The lowest BCUT2D eigenvalue weighted by Gasteiger charge is -2.35. The van der Waals surface area contributed by atoms with E-state index in [0.29, 0.717) is 0 Å². The van der Waals surface area contributed by atoms with Crippen LogP contribution in [0.1, 0.15) is 23.6 Å². The molecule has 0 aromatic heterocycles. The van der Waals surface area contributed by atoms with Crippen molar-refractivity contribution in [2.45, 2.75) is 26.1 Å². The van der Waals surface area contributed by atoms with Gasteiger partial charge in [0.1, 0.15) is 5.75 Å². The van der Waals surface area contributed by atoms with Gasteiger partial charge in [0.05, 0.1) is 13.7 Å². The summed E-state index contributed by atoms with van der Waals surface area (Å²) in [5.41, 5.74) is 13.5. The molecule has 4 nitrogen and oxygen atoms in total. The summed E-state index contributed by atoms with van der Waals surface area (Å²) in [4.78, 5) is 2.31. The van der Waals surface area contributed by atoms with Gasteiger partial charge in [-0.1, -0.05) is 42.5 Å². The molecule has 0 amide bonds. The number of hydrogen-bond acceptors (Lipinski definition) is 4. The Morgan fingerprint density at radius 2 is 1.76 bits per heavy atom. The number of nitrogens with two attached hydrogens (primary N) is 1. The summed E-state index contributed by atoms with van der Waals surface area (Å²) in [5.74, 6) is 0.873. The van der Waals surface area contributed by atoms with Crippen LogP contribution in [0.4, 0.5) is 11.4 Å². The van der Waals surface area contributed by atoms with Crippen LogP contribution in [0, 0.1) is 0 Å². The molecule has 0 saturated carbocycles. The first kappa shape index (κ1) is 19.1. The summed E-state index contributed by atoms with van der Waals surface area (Å²) in [5, 5.41) is 3.61. The molecule has 1 heterocycles. The fourth-order valence-corrected chi connectivity index (χ4v) is 3.73. The molecule has 1 unspecified atom stereocenters. The quantitative estimate of drug-likeness (QED) is 0.626. The molecule has 1 atom stereocenters. The van der Waals surface area contributed by atoms with Crippen molar-refractivity contribution >= 4 is 17.5 Å². The highest BCUT2D eigenvalue weighted by molar-refractivity contribution is 5.74. The first-order valence-electron chi connectivity index (χ1n) is 9.94. The molecule has 4 rings (SSSR count). The van der Waals surface area contributed by atoms with E-state index in [0.717, 1.165) is 35.9 Å². The van der Waals surface area contributed by atoms with Crippen LogP contribution in [-0.4, -0.2) is 13.2 Å². The van der Waals surface area contributed by atoms with Crippen LogP contribution >= 0.6 is 0 Å². The van der Waals surface area contributed by atoms with E-state index in [1.807, 2.05) is 25.1 Å². The lowest BCUT2D eigenvalue weighted by Crippen LogP contribution is -2.35. The summed E-state index contributed by atoms with van der Waals surface area (Å²) in [6.07, 6.45) is 2.22. The van der Waals surface area contributed by atoms with Crippen molar-refractivity contribution in [1.29, 1.82) is 0 Å². The van der Waals surface area contributed by atoms with Gasteiger partial charge in [-0.15, -0.1) is 0 Å². The van der Waals surface area contributed by atoms with Gasteiger partial charge in [0, 0.05) is 35.2 Å². The van der Waals surface area contributed by atoms with E-state index in [4.69, 9.17) is 10.5 Å². The summed E-state index contributed by atoms with van der Waals surface area (Å²) >= 11 is 0. The van der Waals surface area contributed by atoms with Crippen LogP contribution in [0.2, 0.25) is 0 Å². The first-order valence-corrected chi connectivity index (χ1v) is 9.94. The zero-order valence-electron chi connectivity index (χ0n) is 16.9. The maximum absolute atomic E-state index is 6.31. The first-order chi connectivity index (χ1) is 14.2. The van der Waals surface area contributed by atoms with Gasteiger partial charge in [-0.05, 0) is 54.5 Å². The number of fused-ring (bicyclic) bond motifs is 1. The fraction of sp³-hybridized carbons (Fsp3) is 0.200. The molecule has 3 aromatic carbocycles. The number of methoxy groups -OCH3 is 1. The highest BCUT2D eigenvalue weighted by atomic mass is 16.5. The van der Waals surface area contributed by atoms with Crippen molar-refractivity contribution in [3.63, 3.8) is 0 Å². The van der Waals surface area contributed by atoms with E-state index in [9.17, 15) is 0 Å². The summed E-state index contributed by atoms with van der Waals surface area (Å²) in [6.45, 7) is 3.59. The van der Waals surface area contributed by atoms with E-state index in [-0.39, 0.29) is 6.04 Å². The lowest BCUT2D eigenvalue weighted by molar-refractivity contribution is 0.414. The minimum absolute atomic E-state index is 0.0423. The Bertz CT molecular complexity index is 994. The maximum atomic E-state index is 6.31. The SMILES string of the molecule is COc1ccc(CNc2cccc3c2CN(c2ccccc2)C(C(C)N)=C3)cc1. The number of anilines is 2. The molecule has 4 heteroatoms. The van der Waals surface area contributed by atoms with Crippen molar-refractivity contribution in [2.75, 3.05) is 17.3 Å². The Balaban J connectivity index is 1.62. The van der Waals surface area contributed by atoms with Crippen molar-refractivity contribution in [2.24, 2.45) is 5.73 Å². The molecule has 3 N–H and O–H groups in total. The Labute approximate surface area is 172 Å². The van der Waals surface area contributed by atoms with Gasteiger partial charge in [0.2, 0.25) is 0 Å². The molecule has 0 aliphatic carbocycles. The normalized spacial score (nSPS) is 14.0. The minimum Gasteiger partial charge on any atom is -0.497 e. The number of para-hydroxylation sites is 1. The van der Waals surface area contributed by atoms with Gasteiger partial charge < -0.3 is 20.7 Å².